The van der Waals surface area contributed by atoms with E-state index in [1.54, 1.807) is 0 Å². The molecule has 0 nitrogen and oxygen atoms in total. The molecule has 0 radical (unpaired) electrons. The van der Waals surface area contributed by atoms with Gasteiger partial charge in [-0.25, -0.2) is 0 Å². The van der Waals surface area contributed by atoms with Crippen molar-refractivity contribution < 1.29 is 0 Å². The highest BCUT2D eigenvalue weighted by Gasteiger charge is 2.12. The summed E-state index contributed by atoms with van der Waals surface area (Å²) >= 11 is 0. The molecule has 0 atom stereocenters. The number of fused-ring (bicyclic) bond motifs is 1. The van der Waals surface area contributed by atoms with E-state index in [9.17, 15) is 0 Å². The first-order valence-electron chi connectivity index (χ1n) is 12.0. The Morgan fingerprint density at radius 2 is 0.909 bits per heavy atom. The molecule has 0 fully saturated rings. The smallest absolute Gasteiger partial charge is 0.00268 e. The summed E-state index contributed by atoms with van der Waals surface area (Å²) in [6, 6.07) is 41.5. The van der Waals surface area contributed by atoms with Crippen LogP contribution in [0, 0.1) is 6.92 Å². The van der Waals surface area contributed by atoms with Crippen molar-refractivity contribution in [3.05, 3.63) is 121 Å². The summed E-state index contributed by atoms with van der Waals surface area (Å²) in [5.41, 5.74) is 8.84. The van der Waals surface area contributed by atoms with Crippen LogP contribution in [0.2, 0.25) is 0 Å². The maximum absolute atomic E-state index is 2.26. The standard InChI is InChI=1S/C29H22.2C2H6/c1-21-11-13-26(14-12-21)29-27-10-6-5-9-24(27)19-20-28(29)25-17-15-23(16-18-25)22-7-3-2-4-8-22;2*1-2/h2-20H,1H3;2*1-2H3. The lowest BCUT2D eigenvalue weighted by Crippen LogP contribution is -1.89. The molecule has 0 bridgehead atoms. The highest BCUT2D eigenvalue weighted by molar-refractivity contribution is 6.04. The molecule has 0 spiro atoms. The maximum atomic E-state index is 2.26. The van der Waals surface area contributed by atoms with Gasteiger partial charge in [0.25, 0.3) is 0 Å². The number of aryl methyl sites for hydroxylation is 1. The predicted octanol–water partition coefficient (Wildman–Crippen LogP) is 10.2. The largest absolute Gasteiger partial charge is 0.0683 e. The van der Waals surface area contributed by atoms with Crippen LogP contribution in [-0.4, -0.2) is 0 Å². The van der Waals surface area contributed by atoms with Crippen molar-refractivity contribution in [2.24, 2.45) is 0 Å². The first kappa shape index (κ1) is 24.0. The van der Waals surface area contributed by atoms with Gasteiger partial charge in [0.15, 0.2) is 0 Å². The normalized spacial score (nSPS) is 9.97. The van der Waals surface area contributed by atoms with Gasteiger partial charge in [-0.2, -0.15) is 0 Å². The van der Waals surface area contributed by atoms with Gasteiger partial charge in [0.05, 0.1) is 0 Å². The van der Waals surface area contributed by atoms with Gasteiger partial charge in [-0.15, -0.1) is 0 Å². The number of benzene rings is 5. The second-order valence-electron chi connectivity index (χ2n) is 7.52. The van der Waals surface area contributed by atoms with Gasteiger partial charge in [0, 0.05) is 0 Å². The molecule has 0 heteroatoms. The quantitative estimate of drug-likeness (QED) is 0.267. The second-order valence-corrected chi connectivity index (χ2v) is 7.52. The molecule has 5 rings (SSSR count). The van der Waals surface area contributed by atoms with E-state index >= 15 is 0 Å². The third-order valence-electron chi connectivity index (χ3n) is 5.57. The van der Waals surface area contributed by atoms with Gasteiger partial charge in [0.2, 0.25) is 0 Å². The van der Waals surface area contributed by atoms with Gasteiger partial charge < -0.3 is 0 Å². The molecule has 0 saturated heterocycles. The molecule has 0 aromatic heterocycles. The number of rotatable bonds is 3. The van der Waals surface area contributed by atoms with Crippen LogP contribution in [-0.2, 0) is 0 Å². The van der Waals surface area contributed by atoms with Crippen LogP contribution < -0.4 is 0 Å². The maximum Gasteiger partial charge on any atom is -0.00268 e. The summed E-state index contributed by atoms with van der Waals surface area (Å²) in [5, 5.41) is 2.56. The Bertz CT molecular complexity index is 1260. The molecule has 0 aliphatic carbocycles. The number of hydrogen-bond acceptors (Lipinski definition) is 0. The summed E-state index contributed by atoms with van der Waals surface area (Å²) in [4.78, 5) is 0. The summed E-state index contributed by atoms with van der Waals surface area (Å²) in [7, 11) is 0. The molecular formula is C33H34. The molecule has 0 aliphatic heterocycles. The Morgan fingerprint density at radius 1 is 0.394 bits per heavy atom. The van der Waals surface area contributed by atoms with Crippen molar-refractivity contribution in [3.8, 4) is 33.4 Å². The van der Waals surface area contributed by atoms with E-state index in [1.807, 2.05) is 27.7 Å². The van der Waals surface area contributed by atoms with Crippen LogP contribution >= 0.6 is 0 Å². The molecule has 166 valence electrons. The van der Waals surface area contributed by atoms with Crippen molar-refractivity contribution in [2.45, 2.75) is 34.6 Å². The van der Waals surface area contributed by atoms with E-state index in [0.717, 1.165) is 0 Å². The highest BCUT2D eigenvalue weighted by Crippen LogP contribution is 2.38. The summed E-state index contributed by atoms with van der Waals surface area (Å²) in [5.74, 6) is 0. The minimum Gasteiger partial charge on any atom is -0.0683 e. The summed E-state index contributed by atoms with van der Waals surface area (Å²) in [6.45, 7) is 10.1. The topological polar surface area (TPSA) is 0 Å². The Morgan fingerprint density at radius 3 is 1.58 bits per heavy atom. The fourth-order valence-corrected chi connectivity index (χ4v) is 4.02. The summed E-state index contributed by atoms with van der Waals surface area (Å²) < 4.78 is 0. The van der Waals surface area contributed by atoms with E-state index in [2.05, 4.69) is 122 Å². The van der Waals surface area contributed by atoms with Crippen molar-refractivity contribution in [1.82, 2.24) is 0 Å². The van der Waals surface area contributed by atoms with E-state index in [1.165, 1.54) is 49.7 Å². The van der Waals surface area contributed by atoms with Crippen molar-refractivity contribution in [3.63, 3.8) is 0 Å². The SMILES string of the molecule is CC.CC.Cc1ccc(-c2c(-c3ccc(-c4ccccc4)cc3)ccc3ccccc23)cc1. The average Bonchev–Trinajstić information content (AvgIpc) is 2.91. The van der Waals surface area contributed by atoms with Gasteiger partial charge in [-0.05, 0) is 51.1 Å². The zero-order valence-electron chi connectivity index (χ0n) is 20.5. The lowest BCUT2D eigenvalue weighted by atomic mass is 9.89. The fourth-order valence-electron chi connectivity index (χ4n) is 4.02. The predicted molar refractivity (Wildman–Crippen MR) is 148 cm³/mol. The van der Waals surface area contributed by atoms with Crippen LogP contribution in [0.4, 0.5) is 0 Å². The molecule has 5 aromatic carbocycles. The molecule has 0 saturated carbocycles. The van der Waals surface area contributed by atoms with Crippen LogP contribution in [0.15, 0.2) is 115 Å². The molecular weight excluding hydrogens is 396 g/mol. The van der Waals surface area contributed by atoms with E-state index in [-0.39, 0.29) is 0 Å². The van der Waals surface area contributed by atoms with Crippen LogP contribution in [0.1, 0.15) is 33.3 Å². The van der Waals surface area contributed by atoms with Crippen LogP contribution in [0.25, 0.3) is 44.2 Å². The molecule has 5 aromatic rings. The van der Waals surface area contributed by atoms with Crippen molar-refractivity contribution in [1.29, 1.82) is 0 Å². The summed E-state index contributed by atoms with van der Waals surface area (Å²) in [6.07, 6.45) is 0. The minimum absolute atomic E-state index is 1.24. The van der Waals surface area contributed by atoms with E-state index < -0.39 is 0 Å². The Hall–Kier alpha value is -3.64. The lowest BCUT2D eigenvalue weighted by Gasteiger charge is -2.15. The molecule has 0 N–H and O–H groups in total. The van der Waals surface area contributed by atoms with Gasteiger partial charge >= 0.3 is 0 Å². The zero-order valence-corrected chi connectivity index (χ0v) is 20.5. The van der Waals surface area contributed by atoms with E-state index in [0.29, 0.717) is 0 Å². The van der Waals surface area contributed by atoms with Gasteiger partial charge in [-0.1, -0.05) is 149 Å². The second kappa shape index (κ2) is 11.8. The molecule has 0 unspecified atom stereocenters. The van der Waals surface area contributed by atoms with Gasteiger partial charge in [0.1, 0.15) is 0 Å². The molecule has 33 heavy (non-hydrogen) atoms. The first-order chi connectivity index (χ1) is 16.3. The highest BCUT2D eigenvalue weighted by atomic mass is 14.2. The van der Waals surface area contributed by atoms with E-state index in [4.69, 9.17) is 0 Å². The van der Waals surface area contributed by atoms with Crippen molar-refractivity contribution >= 4 is 10.8 Å². The monoisotopic (exact) mass is 430 g/mol. The van der Waals surface area contributed by atoms with Gasteiger partial charge in [-0.3, -0.25) is 0 Å². The Labute approximate surface area is 199 Å². The Kier molecular flexibility index (Phi) is 8.61. The zero-order chi connectivity index (χ0) is 23.6. The third kappa shape index (κ3) is 5.41. The van der Waals surface area contributed by atoms with Crippen molar-refractivity contribution in [2.75, 3.05) is 0 Å². The molecule has 0 heterocycles. The Balaban J connectivity index is 0.000000728. The third-order valence-corrected chi connectivity index (χ3v) is 5.57. The number of hydrogen-bond donors (Lipinski definition) is 0. The average molecular weight is 431 g/mol. The fraction of sp³-hybridized carbons (Fsp3) is 0.152. The first-order valence-corrected chi connectivity index (χ1v) is 12.0. The minimum atomic E-state index is 1.24. The van der Waals surface area contributed by atoms with Crippen LogP contribution in [0.3, 0.4) is 0 Å². The van der Waals surface area contributed by atoms with Crippen LogP contribution in [0.5, 0.6) is 0 Å². The lowest BCUT2D eigenvalue weighted by molar-refractivity contribution is 1.47. The molecule has 0 aliphatic rings. The molecule has 0 amide bonds.